The molecule has 16 heavy (non-hydrogen) atoms. The zero-order chi connectivity index (χ0) is 11.0. The van der Waals surface area contributed by atoms with E-state index in [1.807, 2.05) is 18.2 Å². The van der Waals surface area contributed by atoms with Gasteiger partial charge in [0.2, 0.25) is 0 Å². The molecule has 0 radical (unpaired) electrons. The van der Waals surface area contributed by atoms with E-state index in [1.165, 1.54) is 0 Å². The summed E-state index contributed by atoms with van der Waals surface area (Å²) in [6, 6.07) is 10.2. The van der Waals surface area contributed by atoms with Gasteiger partial charge in [-0.2, -0.15) is 0 Å². The standard InChI is InChI=1S/C13H13NOS/c15-9-13(6-7-13)12-14-11(8-16-12)10-4-2-1-3-5-10/h1-5,8,15H,6-7,9H2. The van der Waals surface area contributed by atoms with E-state index in [0.29, 0.717) is 0 Å². The summed E-state index contributed by atoms with van der Waals surface area (Å²) in [6.07, 6.45) is 2.15. The summed E-state index contributed by atoms with van der Waals surface area (Å²) in [7, 11) is 0. The Morgan fingerprint density at radius 2 is 2.00 bits per heavy atom. The van der Waals surface area contributed by atoms with Crippen LogP contribution in [0.25, 0.3) is 11.3 Å². The molecular weight excluding hydrogens is 218 g/mol. The predicted octanol–water partition coefficient (Wildman–Crippen LogP) is 2.83. The fourth-order valence-corrected chi connectivity index (χ4v) is 2.93. The van der Waals surface area contributed by atoms with Crippen LogP contribution in [0.5, 0.6) is 0 Å². The minimum Gasteiger partial charge on any atom is -0.395 e. The molecule has 2 aromatic rings. The van der Waals surface area contributed by atoms with Gasteiger partial charge in [-0.3, -0.25) is 0 Å². The molecule has 1 fully saturated rings. The Balaban J connectivity index is 1.94. The van der Waals surface area contributed by atoms with E-state index >= 15 is 0 Å². The fraction of sp³-hybridized carbons (Fsp3) is 0.308. The second kappa shape index (κ2) is 3.68. The third-order valence-electron chi connectivity index (χ3n) is 3.18. The largest absolute Gasteiger partial charge is 0.395 e. The Bertz CT molecular complexity index is 488. The lowest BCUT2D eigenvalue weighted by Gasteiger charge is -2.05. The molecule has 1 heterocycles. The number of hydrogen-bond donors (Lipinski definition) is 1. The minimum atomic E-state index is -0.00228. The second-order valence-electron chi connectivity index (χ2n) is 4.34. The van der Waals surface area contributed by atoms with Gasteiger partial charge in [-0.15, -0.1) is 11.3 Å². The highest BCUT2D eigenvalue weighted by Gasteiger charge is 2.46. The van der Waals surface area contributed by atoms with Crippen molar-refractivity contribution in [3.05, 3.63) is 40.7 Å². The van der Waals surface area contributed by atoms with Gasteiger partial charge >= 0.3 is 0 Å². The Morgan fingerprint density at radius 3 is 2.62 bits per heavy atom. The topological polar surface area (TPSA) is 33.1 Å². The van der Waals surface area contributed by atoms with E-state index in [9.17, 15) is 5.11 Å². The van der Waals surface area contributed by atoms with E-state index in [-0.39, 0.29) is 12.0 Å². The molecule has 1 aromatic carbocycles. The molecule has 1 aliphatic rings. The first-order valence-electron chi connectivity index (χ1n) is 5.46. The van der Waals surface area contributed by atoms with Crippen molar-refractivity contribution in [2.24, 2.45) is 0 Å². The number of nitrogens with zero attached hydrogens (tertiary/aromatic N) is 1. The lowest BCUT2D eigenvalue weighted by atomic mass is 10.1. The highest BCUT2D eigenvalue weighted by molar-refractivity contribution is 7.10. The van der Waals surface area contributed by atoms with Crippen molar-refractivity contribution in [2.45, 2.75) is 18.3 Å². The van der Waals surface area contributed by atoms with Gasteiger partial charge in [0.25, 0.3) is 0 Å². The number of benzene rings is 1. The van der Waals surface area contributed by atoms with E-state index in [0.717, 1.165) is 29.1 Å². The average Bonchev–Trinajstić information content (AvgIpc) is 3.00. The summed E-state index contributed by atoms with van der Waals surface area (Å²) in [5, 5.41) is 12.5. The van der Waals surface area contributed by atoms with Crippen LogP contribution in [-0.4, -0.2) is 16.7 Å². The molecule has 1 aliphatic carbocycles. The molecule has 3 heteroatoms. The Kier molecular flexibility index (Phi) is 2.30. The Morgan fingerprint density at radius 1 is 1.25 bits per heavy atom. The van der Waals surface area contributed by atoms with Crippen LogP contribution in [0, 0.1) is 0 Å². The third kappa shape index (κ3) is 1.56. The first-order chi connectivity index (χ1) is 7.84. The van der Waals surface area contributed by atoms with E-state index < -0.39 is 0 Å². The zero-order valence-electron chi connectivity index (χ0n) is 8.89. The van der Waals surface area contributed by atoms with Gasteiger partial charge in [0.1, 0.15) is 5.01 Å². The first kappa shape index (κ1) is 10.00. The lowest BCUT2D eigenvalue weighted by molar-refractivity contribution is 0.255. The molecule has 0 spiro atoms. The van der Waals surface area contributed by atoms with E-state index in [1.54, 1.807) is 11.3 Å². The minimum absolute atomic E-state index is 0.00228. The fourth-order valence-electron chi connectivity index (χ4n) is 1.85. The number of rotatable bonds is 3. The average molecular weight is 231 g/mol. The van der Waals surface area contributed by atoms with Crippen molar-refractivity contribution in [1.29, 1.82) is 0 Å². The van der Waals surface area contributed by atoms with Gasteiger partial charge in [-0.05, 0) is 12.8 Å². The number of aromatic nitrogens is 1. The van der Waals surface area contributed by atoms with Crippen LogP contribution < -0.4 is 0 Å². The van der Waals surface area contributed by atoms with Gasteiger partial charge in [0, 0.05) is 16.4 Å². The molecule has 0 atom stereocenters. The molecular formula is C13H13NOS. The van der Waals surface area contributed by atoms with Crippen molar-refractivity contribution in [2.75, 3.05) is 6.61 Å². The van der Waals surface area contributed by atoms with Gasteiger partial charge < -0.3 is 5.11 Å². The SMILES string of the molecule is OCC1(c2nc(-c3ccccc3)cs2)CC1. The number of thiazole rings is 1. The van der Waals surface area contributed by atoms with Crippen LogP contribution >= 0.6 is 11.3 Å². The third-order valence-corrected chi connectivity index (χ3v) is 4.27. The Labute approximate surface area is 98.6 Å². The predicted molar refractivity (Wildman–Crippen MR) is 65.5 cm³/mol. The van der Waals surface area contributed by atoms with Crippen LogP contribution in [0.3, 0.4) is 0 Å². The van der Waals surface area contributed by atoms with Crippen molar-refractivity contribution in [3.8, 4) is 11.3 Å². The molecule has 1 aromatic heterocycles. The zero-order valence-corrected chi connectivity index (χ0v) is 9.70. The number of hydrogen-bond acceptors (Lipinski definition) is 3. The van der Waals surface area contributed by atoms with Crippen LogP contribution in [0.1, 0.15) is 17.8 Å². The van der Waals surface area contributed by atoms with Crippen molar-refractivity contribution in [1.82, 2.24) is 4.98 Å². The van der Waals surface area contributed by atoms with Crippen LogP contribution in [0.15, 0.2) is 35.7 Å². The summed E-state index contributed by atoms with van der Waals surface area (Å²) >= 11 is 1.67. The molecule has 82 valence electrons. The summed E-state index contributed by atoms with van der Waals surface area (Å²) in [5.41, 5.74) is 2.18. The molecule has 1 saturated carbocycles. The first-order valence-corrected chi connectivity index (χ1v) is 6.34. The molecule has 0 bridgehead atoms. The van der Waals surface area contributed by atoms with Gasteiger partial charge in [0.05, 0.1) is 12.3 Å². The smallest absolute Gasteiger partial charge is 0.102 e. The molecule has 1 N–H and O–H groups in total. The summed E-state index contributed by atoms with van der Waals surface area (Å²) in [6.45, 7) is 0.231. The van der Waals surface area contributed by atoms with Crippen molar-refractivity contribution < 1.29 is 5.11 Å². The maximum absolute atomic E-state index is 9.36. The van der Waals surface area contributed by atoms with Gasteiger partial charge in [0.15, 0.2) is 0 Å². The van der Waals surface area contributed by atoms with E-state index in [2.05, 4.69) is 22.5 Å². The van der Waals surface area contributed by atoms with Crippen molar-refractivity contribution in [3.63, 3.8) is 0 Å². The number of aliphatic hydroxyl groups is 1. The lowest BCUT2D eigenvalue weighted by Crippen LogP contribution is -2.11. The highest BCUT2D eigenvalue weighted by Crippen LogP contribution is 2.49. The quantitative estimate of drug-likeness (QED) is 0.881. The molecule has 0 aliphatic heterocycles. The highest BCUT2D eigenvalue weighted by atomic mass is 32.1. The molecule has 0 unspecified atom stereocenters. The summed E-state index contributed by atoms with van der Waals surface area (Å²) in [5.74, 6) is 0. The Hall–Kier alpha value is -1.19. The van der Waals surface area contributed by atoms with Gasteiger partial charge in [-0.1, -0.05) is 30.3 Å². The van der Waals surface area contributed by atoms with Crippen molar-refractivity contribution >= 4 is 11.3 Å². The molecule has 0 saturated heterocycles. The van der Waals surface area contributed by atoms with Crippen LogP contribution in [0.2, 0.25) is 0 Å². The number of aliphatic hydroxyl groups excluding tert-OH is 1. The maximum Gasteiger partial charge on any atom is 0.102 e. The maximum atomic E-state index is 9.36. The summed E-state index contributed by atoms with van der Waals surface area (Å²) < 4.78 is 0. The molecule has 3 rings (SSSR count). The molecule has 0 amide bonds. The monoisotopic (exact) mass is 231 g/mol. The normalized spacial score (nSPS) is 17.3. The van der Waals surface area contributed by atoms with Gasteiger partial charge in [-0.25, -0.2) is 4.98 Å². The van der Waals surface area contributed by atoms with Crippen LogP contribution in [0.4, 0.5) is 0 Å². The second-order valence-corrected chi connectivity index (χ2v) is 5.20. The van der Waals surface area contributed by atoms with E-state index in [4.69, 9.17) is 0 Å². The molecule has 2 nitrogen and oxygen atoms in total. The summed E-state index contributed by atoms with van der Waals surface area (Å²) in [4.78, 5) is 4.64. The van der Waals surface area contributed by atoms with Crippen LogP contribution in [-0.2, 0) is 5.41 Å².